The third-order valence-corrected chi connectivity index (χ3v) is 2.15. The smallest absolute Gasteiger partial charge is 0.328 e. The van der Waals surface area contributed by atoms with E-state index in [2.05, 4.69) is 5.32 Å². The van der Waals surface area contributed by atoms with Gasteiger partial charge in [-0.15, -0.1) is 0 Å². The molecule has 6 heteroatoms. The van der Waals surface area contributed by atoms with Gasteiger partial charge in [0.1, 0.15) is 0 Å². The van der Waals surface area contributed by atoms with Gasteiger partial charge < -0.3 is 10.4 Å². The van der Waals surface area contributed by atoms with Gasteiger partial charge in [0.25, 0.3) is 5.91 Å². The quantitative estimate of drug-likeness (QED) is 0.704. The fourth-order valence-electron chi connectivity index (χ4n) is 1.35. The summed E-state index contributed by atoms with van der Waals surface area (Å²) >= 11 is 0. The number of amides is 3. The van der Waals surface area contributed by atoms with Gasteiger partial charge in [0.05, 0.1) is 0 Å². The number of carboxylic acids is 1. The van der Waals surface area contributed by atoms with Crippen molar-refractivity contribution in [1.82, 2.24) is 10.6 Å². The van der Waals surface area contributed by atoms with E-state index in [4.69, 9.17) is 5.11 Å². The number of aryl methyl sites for hydroxylation is 1. The maximum Gasteiger partial charge on any atom is 0.328 e. The number of benzene rings is 1. The van der Waals surface area contributed by atoms with E-state index in [-0.39, 0.29) is 6.54 Å². The molecule has 1 aromatic carbocycles. The summed E-state index contributed by atoms with van der Waals surface area (Å²) in [6.45, 7) is 2.22. The highest BCUT2D eigenvalue weighted by Crippen LogP contribution is 2.02. The molecule has 1 aromatic rings. The lowest BCUT2D eigenvalue weighted by Crippen LogP contribution is -2.38. The molecule has 0 saturated carbocycles. The highest BCUT2D eigenvalue weighted by molar-refractivity contribution is 6.02. The standard InChI is InChI=1S/C13H14N2O4/c1-9-3-2-4-10(7-9)8-14-13(19)15-11(16)5-6-12(17)18/h2-7H,8H2,1H3,(H,17,18)(H2,14,15,16,19)/b6-5+. The summed E-state index contributed by atoms with van der Waals surface area (Å²) in [5.41, 5.74) is 1.98. The second-order valence-electron chi connectivity index (χ2n) is 3.83. The Morgan fingerprint density at radius 3 is 2.63 bits per heavy atom. The molecule has 0 aliphatic rings. The van der Waals surface area contributed by atoms with Crippen LogP contribution in [0.1, 0.15) is 11.1 Å². The summed E-state index contributed by atoms with van der Waals surface area (Å²) in [5.74, 6) is -2.04. The number of carbonyl (C=O) groups excluding carboxylic acids is 2. The summed E-state index contributed by atoms with van der Waals surface area (Å²) in [4.78, 5) is 32.6. The van der Waals surface area contributed by atoms with Gasteiger partial charge in [0.15, 0.2) is 0 Å². The number of urea groups is 1. The molecule has 0 heterocycles. The fourth-order valence-corrected chi connectivity index (χ4v) is 1.35. The Labute approximate surface area is 110 Å². The highest BCUT2D eigenvalue weighted by Gasteiger charge is 2.04. The number of imide groups is 1. The molecular weight excluding hydrogens is 248 g/mol. The molecule has 0 aliphatic carbocycles. The summed E-state index contributed by atoms with van der Waals surface area (Å²) in [6, 6.07) is 6.88. The van der Waals surface area contributed by atoms with Crippen LogP contribution in [0.3, 0.4) is 0 Å². The molecule has 3 N–H and O–H groups in total. The number of rotatable bonds is 4. The van der Waals surface area contributed by atoms with Gasteiger partial charge in [-0.3, -0.25) is 10.1 Å². The van der Waals surface area contributed by atoms with E-state index < -0.39 is 17.9 Å². The van der Waals surface area contributed by atoms with Crippen molar-refractivity contribution in [2.45, 2.75) is 13.5 Å². The second-order valence-corrected chi connectivity index (χ2v) is 3.83. The van der Waals surface area contributed by atoms with Crippen LogP contribution in [0.25, 0.3) is 0 Å². The average molecular weight is 262 g/mol. The molecule has 3 amide bonds. The van der Waals surface area contributed by atoms with Crippen LogP contribution in [0.15, 0.2) is 36.4 Å². The van der Waals surface area contributed by atoms with E-state index >= 15 is 0 Å². The maximum absolute atomic E-state index is 11.3. The Morgan fingerprint density at radius 1 is 1.26 bits per heavy atom. The van der Waals surface area contributed by atoms with Crippen molar-refractivity contribution in [3.63, 3.8) is 0 Å². The zero-order chi connectivity index (χ0) is 14.3. The van der Waals surface area contributed by atoms with E-state index in [0.29, 0.717) is 6.08 Å². The van der Waals surface area contributed by atoms with Crippen molar-refractivity contribution in [3.8, 4) is 0 Å². The first-order valence-corrected chi connectivity index (χ1v) is 5.53. The summed E-state index contributed by atoms with van der Waals surface area (Å²) in [6.07, 6.45) is 1.43. The largest absolute Gasteiger partial charge is 0.478 e. The molecule has 0 unspecified atom stereocenters. The van der Waals surface area contributed by atoms with E-state index in [1.165, 1.54) is 0 Å². The second kappa shape index (κ2) is 6.95. The Hall–Kier alpha value is -2.63. The van der Waals surface area contributed by atoms with Crippen LogP contribution >= 0.6 is 0 Å². The SMILES string of the molecule is Cc1cccc(CNC(=O)NC(=O)/C=C/C(=O)O)c1. The number of carbonyl (C=O) groups is 3. The van der Waals surface area contributed by atoms with Gasteiger partial charge in [-0.25, -0.2) is 9.59 Å². The predicted molar refractivity (Wildman–Crippen MR) is 68.3 cm³/mol. The van der Waals surface area contributed by atoms with Crippen molar-refractivity contribution in [3.05, 3.63) is 47.5 Å². The Bertz CT molecular complexity index is 523. The van der Waals surface area contributed by atoms with E-state index in [0.717, 1.165) is 17.2 Å². The molecule has 0 aromatic heterocycles. The van der Waals surface area contributed by atoms with Crippen molar-refractivity contribution < 1.29 is 19.5 Å². The zero-order valence-electron chi connectivity index (χ0n) is 10.3. The van der Waals surface area contributed by atoms with Gasteiger partial charge in [0.2, 0.25) is 0 Å². The van der Waals surface area contributed by atoms with Crippen molar-refractivity contribution in [1.29, 1.82) is 0 Å². The van der Waals surface area contributed by atoms with Crippen LogP contribution in [0.5, 0.6) is 0 Å². The Kier molecular flexibility index (Phi) is 5.28. The van der Waals surface area contributed by atoms with Crippen LogP contribution in [-0.2, 0) is 16.1 Å². The Morgan fingerprint density at radius 2 is 2.00 bits per heavy atom. The van der Waals surface area contributed by atoms with Crippen molar-refractivity contribution in [2.24, 2.45) is 0 Å². The number of aliphatic carboxylic acids is 1. The van der Waals surface area contributed by atoms with Crippen LogP contribution in [0, 0.1) is 6.92 Å². The molecule has 0 radical (unpaired) electrons. The number of carboxylic acid groups (broad SMARTS) is 1. The molecule has 6 nitrogen and oxygen atoms in total. The van der Waals surface area contributed by atoms with Crippen LogP contribution in [-0.4, -0.2) is 23.0 Å². The fraction of sp³-hybridized carbons (Fsp3) is 0.154. The first kappa shape index (κ1) is 14.4. The van der Waals surface area contributed by atoms with Crippen molar-refractivity contribution >= 4 is 17.9 Å². The molecule has 0 fully saturated rings. The number of hydrogen-bond donors (Lipinski definition) is 3. The predicted octanol–water partition coefficient (Wildman–Crippen LogP) is 0.962. The topological polar surface area (TPSA) is 95.5 Å². The average Bonchev–Trinajstić information content (AvgIpc) is 2.34. The van der Waals surface area contributed by atoms with E-state index in [1.807, 2.05) is 36.5 Å². The highest BCUT2D eigenvalue weighted by atomic mass is 16.4. The lowest BCUT2D eigenvalue weighted by molar-refractivity contribution is -0.131. The first-order chi connectivity index (χ1) is 8.97. The molecule has 100 valence electrons. The van der Waals surface area contributed by atoms with Gasteiger partial charge >= 0.3 is 12.0 Å². The lowest BCUT2D eigenvalue weighted by atomic mass is 10.1. The van der Waals surface area contributed by atoms with E-state index in [9.17, 15) is 14.4 Å². The van der Waals surface area contributed by atoms with Gasteiger partial charge in [-0.1, -0.05) is 29.8 Å². The monoisotopic (exact) mass is 262 g/mol. The first-order valence-electron chi connectivity index (χ1n) is 5.53. The van der Waals surface area contributed by atoms with Crippen molar-refractivity contribution in [2.75, 3.05) is 0 Å². The Balaban J connectivity index is 2.40. The van der Waals surface area contributed by atoms with Crippen LogP contribution in [0.2, 0.25) is 0 Å². The molecule has 0 atom stereocenters. The maximum atomic E-state index is 11.3. The van der Waals surface area contributed by atoms with Crippen LogP contribution in [0.4, 0.5) is 4.79 Å². The lowest BCUT2D eigenvalue weighted by Gasteiger charge is -2.05. The minimum atomic E-state index is -1.25. The molecule has 19 heavy (non-hydrogen) atoms. The summed E-state index contributed by atoms with van der Waals surface area (Å²) in [7, 11) is 0. The molecule has 1 rings (SSSR count). The minimum absolute atomic E-state index is 0.281. The van der Waals surface area contributed by atoms with Gasteiger partial charge in [-0.05, 0) is 12.5 Å². The normalized spacial score (nSPS) is 10.2. The molecular formula is C13H14N2O4. The molecule has 0 aliphatic heterocycles. The van der Waals surface area contributed by atoms with E-state index in [1.54, 1.807) is 0 Å². The van der Waals surface area contributed by atoms with Gasteiger partial charge in [-0.2, -0.15) is 0 Å². The number of nitrogens with one attached hydrogen (secondary N) is 2. The number of hydrogen-bond acceptors (Lipinski definition) is 3. The molecule has 0 bridgehead atoms. The van der Waals surface area contributed by atoms with Crippen LogP contribution < -0.4 is 10.6 Å². The molecule has 0 spiro atoms. The molecule has 0 saturated heterocycles. The third kappa shape index (κ3) is 6.02. The zero-order valence-corrected chi connectivity index (χ0v) is 10.3. The summed E-state index contributed by atoms with van der Waals surface area (Å²) in [5, 5.41) is 12.8. The minimum Gasteiger partial charge on any atom is -0.478 e. The summed E-state index contributed by atoms with van der Waals surface area (Å²) < 4.78 is 0. The third-order valence-electron chi connectivity index (χ3n) is 2.15. The van der Waals surface area contributed by atoms with Gasteiger partial charge in [0, 0.05) is 18.7 Å².